The molecule has 2 aliphatic heterocycles. The molecule has 4 amide bonds. The van der Waals surface area contributed by atoms with Crippen molar-refractivity contribution in [2.75, 3.05) is 30.2 Å². The number of allylic oxidation sites excluding steroid dienone is 2. The predicted octanol–water partition coefficient (Wildman–Crippen LogP) is 5.88. The van der Waals surface area contributed by atoms with E-state index < -0.39 is 80.6 Å². The van der Waals surface area contributed by atoms with Crippen LogP contribution in [0.1, 0.15) is 30.0 Å². The minimum absolute atomic E-state index is 0.00520. The molecule has 1 aromatic heterocycles. The number of benzene rings is 2. The van der Waals surface area contributed by atoms with Gasteiger partial charge in [-0.15, -0.1) is 23.2 Å². The van der Waals surface area contributed by atoms with E-state index in [-0.39, 0.29) is 36.8 Å². The van der Waals surface area contributed by atoms with Crippen molar-refractivity contribution in [2.24, 2.45) is 17.8 Å². The number of ether oxygens (including phenoxy) is 1. The third-order valence-corrected chi connectivity index (χ3v) is 11.9. The topological polar surface area (TPSA) is 120 Å². The molecule has 3 fully saturated rings. The van der Waals surface area contributed by atoms with Gasteiger partial charge in [0.15, 0.2) is 15.6 Å². The number of hydrazine groups is 1. The number of aliphatic hydroxyl groups is 1. The Morgan fingerprint density at radius 1 is 0.962 bits per heavy atom. The summed E-state index contributed by atoms with van der Waals surface area (Å²) in [5, 5.41) is 10.5. The number of halogens is 7. The Kier molecular flexibility index (Phi) is 8.83. The highest BCUT2D eigenvalue weighted by molar-refractivity contribution is 6.58. The van der Waals surface area contributed by atoms with Crippen LogP contribution in [0.3, 0.4) is 0 Å². The fourth-order valence-electron chi connectivity index (χ4n) is 7.88. The minimum atomic E-state index is -4.85. The summed E-state index contributed by atoms with van der Waals surface area (Å²) >= 11 is 20.9. The van der Waals surface area contributed by atoms with Crippen LogP contribution in [0.4, 0.5) is 29.1 Å². The SMILES string of the molecule is CN(c1nc(C(F)(F)F)ccc1Cl)N1C(=O)C2CC=C3C(CC4(Cl)C(=O)N(c5ccc(F)cc5)C(=O)C4(Cl)C3c3ccc(OCCO)cc3)C2C1=O. The molecule has 3 heterocycles. The van der Waals surface area contributed by atoms with E-state index in [2.05, 4.69) is 4.98 Å². The number of nitrogens with zero attached hydrogens (tertiary/aromatic N) is 4. The van der Waals surface area contributed by atoms with Crippen molar-refractivity contribution in [3.05, 3.63) is 94.4 Å². The lowest BCUT2D eigenvalue weighted by Gasteiger charge is -2.50. The third-order valence-electron chi connectivity index (χ3n) is 10.2. The van der Waals surface area contributed by atoms with Crippen LogP contribution in [0.5, 0.6) is 5.75 Å². The van der Waals surface area contributed by atoms with Crippen molar-refractivity contribution in [1.82, 2.24) is 9.99 Å². The lowest BCUT2D eigenvalue weighted by Crippen LogP contribution is -2.60. The zero-order valence-corrected chi connectivity index (χ0v) is 29.2. The number of hydrogen-bond donors (Lipinski definition) is 1. The monoisotopic (exact) mass is 780 g/mol. The molecule has 1 N–H and O–H groups in total. The fraction of sp³-hybridized carbons (Fsp3) is 0.343. The standard InChI is InChI=1S/C35H27Cl3F4N4O6/c1-44(28-24(36)12-13-25(43-28)35(40,41)42)46-29(48)22-11-10-21-23(26(22)30(46)49)16-33(37)31(50)45(19-6-4-18(39)5-7-19)32(51)34(33,38)27(21)17-2-8-20(9-3-17)52-15-14-47/h2-10,12-13,22-23,26-27,47H,11,14-16H2,1H3. The number of pyridine rings is 1. The molecule has 17 heteroatoms. The highest BCUT2D eigenvalue weighted by Crippen LogP contribution is 2.66. The largest absolute Gasteiger partial charge is 0.491 e. The van der Waals surface area contributed by atoms with Gasteiger partial charge in [0.1, 0.15) is 23.9 Å². The average Bonchev–Trinajstić information content (AvgIpc) is 3.45. The Hall–Kier alpha value is -4.24. The van der Waals surface area contributed by atoms with E-state index >= 15 is 0 Å². The van der Waals surface area contributed by atoms with Crippen LogP contribution in [0.15, 0.2) is 72.3 Å². The summed E-state index contributed by atoms with van der Waals surface area (Å²) in [6.07, 6.45) is -3.55. The Morgan fingerprint density at radius 2 is 1.63 bits per heavy atom. The first kappa shape index (κ1) is 36.1. The fourth-order valence-corrected chi connectivity index (χ4v) is 9.05. The van der Waals surface area contributed by atoms with Gasteiger partial charge >= 0.3 is 6.18 Å². The Balaban J connectivity index is 1.33. The lowest BCUT2D eigenvalue weighted by atomic mass is 9.56. The molecular weight excluding hydrogens is 755 g/mol. The molecule has 0 bridgehead atoms. The second-order valence-electron chi connectivity index (χ2n) is 12.9. The number of carbonyl (C=O) groups excluding carboxylic acids is 4. The number of amides is 4. The van der Waals surface area contributed by atoms with Crippen molar-refractivity contribution < 1.29 is 46.6 Å². The zero-order chi connectivity index (χ0) is 37.5. The van der Waals surface area contributed by atoms with E-state index in [1.807, 2.05) is 0 Å². The molecule has 3 aromatic rings. The van der Waals surface area contributed by atoms with E-state index in [4.69, 9.17) is 39.5 Å². The maximum absolute atomic E-state index is 14.5. The molecule has 2 aliphatic carbocycles. The molecule has 6 atom stereocenters. The van der Waals surface area contributed by atoms with Gasteiger partial charge in [-0.05, 0) is 72.9 Å². The van der Waals surface area contributed by atoms with Crippen LogP contribution < -0.4 is 14.6 Å². The first-order valence-electron chi connectivity index (χ1n) is 16.0. The lowest BCUT2D eigenvalue weighted by molar-refractivity contribution is -0.141. The van der Waals surface area contributed by atoms with E-state index in [0.29, 0.717) is 28.0 Å². The molecule has 272 valence electrons. The summed E-state index contributed by atoms with van der Waals surface area (Å²) in [5.41, 5.74) is -0.407. The van der Waals surface area contributed by atoms with E-state index in [1.54, 1.807) is 30.3 Å². The van der Waals surface area contributed by atoms with Crippen LogP contribution in [-0.2, 0) is 25.4 Å². The molecule has 0 spiro atoms. The average molecular weight is 782 g/mol. The van der Waals surface area contributed by atoms with Crippen molar-refractivity contribution in [3.8, 4) is 5.75 Å². The smallest absolute Gasteiger partial charge is 0.433 e. The Labute approximate surface area is 308 Å². The molecule has 2 aromatic carbocycles. The van der Waals surface area contributed by atoms with E-state index in [1.165, 1.54) is 19.2 Å². The van der Waals surface area contributed by atoms with E-state index in [0.717, 1.165) is 28.1 Å². The second kappa shape index (κ2) is 12.7. The Bertz CT molecular complexity index is 2030. The minimum Gasteiger partial charge on any atom is -0.491 e. The maximum Gasteiger partial charge on any atom is 0.433 e. The number of anilines is 2. The number of aromatic nitrogens is 1. The number of alkyl halides is 5. The number of rotatable bonds is 7. The molecular formula is C35H27Cl3F4N4O6. The van der Waals surface area contributed by atoms with Crippen LogP contribution in [-0.4, -0.2) is 68.7 Å². The molecule has 1 saturated carbocycles. The highest BCUT2D eigenvalue weighted by Gasteiger charge is 2.76. The van der Waals surface area contributed by atoms with Crippen LogP contribution in [0.2, 0.25) is 5.02 Å². The van der Waals surface area contributed by atoms with Gasteiger partial charge in [-0.25, -0.2) is 14.3 Å². The quantitative estimate of drug-likeness (QED) is 0.137. The van der Waals surface area contributed by atoms with Crippen molar-refractivity contribution in [3.63, 3.8) is 0 Å². The van der Waals surface area contributed by atoms with Crippen molar-refractivity contribution >= 4 is 69.9 Å². The van der Waals surface area contributed by atoms with Gasteiger partial charge in [0.05, 0.1) is 29.2 Å². The van der Waals surface area contributed by atoms with E-state index in [9.17, 15) is 41.8 Å². The van der Waals surface area contributed by atoms with Gasteiger partial charge in [0.2, 0.25) is 0 Å². The van der Waals surface area contributed by atoms with Crippen LogP contribution >= 0.6 is 34.8 Å². The molecule has 0 radical (unpaired) electrons. The normalized spacial score (nSPS) is 28.4. The summed E-state index contributed by atoms with van der Waals surface area (Å²) < 4.78 is 60.1. The van der Waals surface area contributed by atoms with Gasteiger partial charge in [0, 0.05) is 13.0 Å². The van der Waals surface area contributed by atoms with Crippen LogP contribution in [0, 0.1) is 23.6 Å². The van der Waals surface area contributed by atoms with Crippen LogP contribution in [0.25, 0.3) is 0 Å². The molecule has 7 rings (SSSR count). The van der Waals surface area contributed by atoms with Gasteiger partial charge in [-0.2, -0.15) is 18.2 Å². The number of carbonyl (C=O) groups is 4. The van der Waals surface area contributed by atoms with Crippen molar-refractivity contribution in [2.45, 2.75) is 34.7 Å². The highest BCUT2D eigenvalue weighted by atomic mass is 35.5. The second-order valence-corrected chi connectivity index (χ2v) is 14.6. The molecule has 6 unspecified atom stereocenters. The molecule has 10 nitrogen and oxygen atoms in total. The summed E-state index contributed by atoms with van der Waals surface area (Å²) in [6, 6.07) is 12.6. The zero-order valence-electron chi connectivity index (χ0n) is 26.9. The number of aliphatic hydroxyl groups excluding tert-OH is 1. The summed E-state index contributed by atoms with van der Waals surface area (Å²) in [5.74, 6) is -8.36. The van der Waals surface area contributed by atoms with Gasteiger partial charge in [0.25, 0.3) is 23.6 Å². The van der Waals surface area contributed by atoms with Gasteiger partial charge in [-0.1, -0.05) is 35.4 Å². The third kappa shape index (κ3) is 5.28. The number of hydrogen-bond acceptors (Lipinski definition) is 8. The first-order chi connectivity index (χ1) is 24.5. The molecule has 2 saturated heterocycles. The first-order valence-corrected chi connectivity index (χ1v) is 17.1. The predicted molar refractivity (Wildman–Crippen MR) is 180 cm³/mol. The summed E-state index contributed by atoms with van der Waals surface area (Å²) in [6.45, 7) is -0.239. The number of fused-ring (bicyclic) bond motifs is 4. The molecule has 4 aliphatic rings. The summed E-state index contributed by atoms with van der Waals surface area (Å²) in [7, 11) is 1.19. The maximum atomic E-state index is 14.5. The number of imide groups is 2. The van der Waals surface area contributed by atoms with Crippen molar-refractivity contribution in [1.29, 1.82) is 0 Å². The van der Waals surface area contributed by atoms with Gasteiger partial charge < -0.3 is 9.84 Å². The molecule has 52 heavy (non-hydrogen) atoms. The Morgan fingerprint density at radius 3 is 2.27 bits per heavy atom. The summed E-state index contributed by atoms with van der Waals surface area (Å²) in [4.78, 5) is 57.2. The van der Waals surface area contributed by atoms with Gasteiger partial charge in [-0.3, -0.25) is 24.2 Å².